The Bertz CT molecular complexity index is 807. The van der Waals surface area contributed by atoms with Crippen LogP contribution in [0.25, 0.3) is 16.9 Å². The summed E-state index contributed by atoms with van der Waals surface area (Å²) >= 11 is 0. The third-order valence-electron chi connectivity index (χ3n) is 3.83. The molecule has 1 saturated heterocycles. The number of anilines is 1. The second kappa shape index (κ2) is 5.38. The molecule has 0 spiro atoms. The highest BCUT2D eigenvalue weighted by molar-refractivity contribution is 5.63. The number of benzene rings is 1. The van der Waals surface area contributed by atoms with Crippen LogP contribution >= 0.6 is 0 Å². The van der Waals surface area contributed by atoms with Crippen LogP contribution in [0.3, 0.4) is 0 Å². The van der Waals surface area contributed by atoms with Crippen molar-refractivity contribution < 1.29 is 4.74 Å². The van der Waals surface area contributed by atoms with E-state index in [1.165, 1.54) is 5.56 Å². The fourth-order valence-electron chi connectivity index (χ4n) is 2.64. The van der Waals surface area contributed by atoms with Crippen molar-refractivity contribution in [2.75, 3.05) is 31.2 Å². The van der Waals surface area contributed by atoms with Gasteiger partial charge >= 0.3 is 0 Å². The van der Waals surface area contributed by atoms with Gasteiger partial charge in [0.15, 0.2) is 0 Å². The van der Waals surface area contributed by atoms with E-state index in [1.54, 1.807) is 4.52 Å². The lowest BCUT2D eigenvalue weighted by Crippen LogP contribution is -2.36. The van der Waals surface area contributed by atoms with E-state index < -0.39 is 0 Å². The molecular formula is C16H17N5O. The van der Waals surface area contributed by atoms with E-state index in [0.717, 1.165) is 43.4 Å². The molecule has 3 aromatic rings. The predicted octanol–water partition coefficient (Wildman–Crippen LogP) is 1.94. The normalized spacial score (nSPS) is 15.4. The number of nitrogens with zero attached hydrogens (tertiary/aromatic N) is 5. The zero-order valence-electron chi connectivity index (χ0n) is 12.4. The first kappa shape index (κ1) is 13.2. The number of fused-ring (bicyclic) bond motifs is 1. The fraction of sp³-hybridized carbons (Fsp3) is 0.312. The maximum atomic E-state index is 5.36. The molecule has 4 rings (SSSR count). The third-order valence-corrected chi connectivity index (χ3v) is 3.83. The summed E-state index contributed by atoms with van der Waals surface area (Å²) in [7, 11) is 0. The highest BCUT2D eigenvalue weighted by Crippen LogP contribution is 2.20. The summed E-state index contributed by atoms with van der Waals surface area (Å²) in [5.74, 6) is 1.34. The number of morpholine rings is 1. The van der Waals surface area contributed by atoms with Crippen molar-refractivity contribution in [1.29, 1.82) is 0 Å². The summed E-state index contributed by atoms with van der Waals surface area (Å²) in [6, 6.07) is 8.36. The van der Waals surface area contributed by atoms with Gasteiger partial charge in [-0.15, -0.1) is 5.10 Å². The van der Waals surface area contributed by atoms with Crippen molar-refractivity contribution in [2.45, 2.75) is 6.92 Å². The van der Waals surface area contributed by atoms with E-state index in [2.05, 4.69) is 51.2 Å². The molecule has 22 heavy (non-hydrogen) atoms. The molecule has 0 atom stereocenters. The minimum atomic E-state index is 0.623. The van der Waals surface area contributed by atoms with Crippen molar-refractivity contribution in [1.82, 2.24) is 19.6 Å². The molecular weight excluding hydrogens is 278 g/mol. The van der Waals surface area contributed by atoms with Crippen molar-refractivity contribution in [2.24, 2.45) is 0 Å². The van der Waals surface area contributed by atoms with E-state index >= 15 is 0 Å². The molecule has 3 heterocycles. The number of hydrogen-bond acceptors (Lipinski definition) is 5. The van der Waals surface area contributed by atoms with Crippen molar-refractivity contribution in [3.8, 4) is 11.1 Å². The third kappa shape index (κ3) is 2.42. The Morgan fingerprint density at radius 2 is 2.00 bits per heavy atom. The molecule has 112 valence electrons. The van der Waals surface area contributed by atoms with Crippen molar-refractivity contribution in [3.05, 3.63) is 42.2 Å². The molecule has 1 aliphatic rings. The number of aryl methyl sites for hydroxylation is 1. The van der Waals surface area contributed by atoms with E-state index in [4.69, 9.17) is 4.74 Å². The Morgan fingerprint density at radius 1 is 1.14 bits per heavy atom. The number of aromatic nitrogens is 4. The first-order valence-corrected chi connectivity index (χ1v) is 7.42. The summed E-state index contributed by atoms with van der Waals surface area (Å²) in [6.07, 6.45) is 3.83. The summed E-state index contributed by atoms with van der Waals surface area (Å²) < 4.78 is 7.12. The number of hydrogen-bond donors (Lipinski definition) is 0. The number of rotatable bonds is 2. The SMILES string of the molecule is Cc1cccc(-c2cnc3nc(N4CCOCC4)nn3c2)c1. The minimum Gasteiger partial charge on any atom is -0.378 e. The van der Waals surface area contributed by atoms with Gasteiger partial charge in [0.2, 0.25) is 5.95 Å². The van der Waals surface area contributed by atoms with Crippen LogP contribution in [0.2, 0.25) is 0 Å². The molecule has 1 fully saturated rings. The van der Waals surface area contributed by atoms with E-state index in [1.807, 2.05) is 12.4 Å². The maximum Gasteiger partial charge on any atom is 0.253 e. The Morgan fingerprint density at radius 3 is 2.82 bits per heavy atom. The van der Waals surface area contributed by atoms with Crippen LogP contribution in [-0.2, 0) is 4.74 Å². The molecule has 6 heteroatoms. The summed E-state index contributed by atoms with van der Waals surface area (Å²) in [5.41, 5.74) is 3.40. The van der Waals surface area contributed by atoms with Crippen LogP contribution in [0.1, 0.15) is 5.56 Å². The van der Waals surface area contributed by atoms with Crippen LogP contribution < -0.4 is 4.90 Å². The van der Waals surface area contributed by atoms with Gasteiger partial charge in [-0.3, -0.25) is 0 Å². The molecule has 1 aliphatic heterocycles. The van der Waals surface area contributed by atoms with E-state index in [0.29, 0.717) is 5.78 Å². The fourth-order valence-corrected chi connectivity index (χ4v) is 2.64. The zero-order valence-corrected chi connectivity index (χ0v) is 12.4. The standard InChI is InChI=1S/C16H17N5O/c1-12-3-2-4-13(9-12)14-10-17-15-18-16(19-21(15)11-14)20-5-7-22-8-6-20/h2-4,9-11H,5-8H2,1H3. The number of ether oxygens (including phenoxy) is 1. The van der Waals surface area contributed by atoms with Gasteiger partial charge in [0.25, 0.3) is 5.78 Å². The lowest BCUT2D eigenvalue weighted by atomic mass is 10.1. The van der Waals surface area contributed by atoms with Crippen molar-refractivity contribution >= 4 is 11.7 Å². The lowest BCUT2D eigenvalue weighted by Gasteiger charge is -2.25. The summed E-state index contributed by atoms with van der Waals surface area (Å²) in [6.45, 7) is 5.17. The Hall–Kier alpha value is -2.47. The average Bonchev–Trinajstić information content (AvgIpc) is 2.99. The molecule has 1 aromatic carbocycles. The molecule has 2 aromatic heterocycles. The first-order chi connectivity index (χ1) is 10.8. The van der Waals surface area contributed by atoms with Gasteiger partial charge in [-0.25, -0.2) is 9.50 Å². The highest BCUT2D eigenvalue weighted by atomic mass is 16.5. The van der Waals surface area contributed by atoms with Gasteiger partial charge in [-0.1, -0.05) is 29.8 Å². The van der Waals surface area contributed by atoms with Crippen LogP contribution in [0.5, 0.6) is 0 Å². The molecule has 6 nitrogen and oxygen atoms in total. The van der Waals surface area contributed by atoms with Gasteiger partial charge in [0, 0.05) is 31.0 Å². The molecule has 0 aliphatic carbocycles. The van der Waals surface area contributed by atoms with Gasteiger partial charge in [-0.2, -0.15) is 4.98 Å². The van der Waals surface area contributed by atoms with Gasteiger partial charge in [0.1, 0.15) is 0 Å². The van der Waals surface area contributed by atoms with Crippen molar-refractivity contribution in [3.63, 3.8) is 0 Å². The molecule has 0 saturated carbocycles. The molecule has 0 N–H and O–H groups in total. The monoisotopic (exact) mass is 295 g/mol. The van der Waals surface area contributed by atoms with Crippen LogP contribution in [0.15, 0.2) is 36.7 Å². The molecule has 0 radical (unpaired) electrons. The first-order valence-electron chi connectivity index (χ1n) is 7.42. The highest BCUT2D eigenvalue weighted by Gasteiger charge is 2.16. The smallest absolute Gasteiger partial charge is 0.253 e. The minimum absolute atomic E-state index is 0.623. The van der Waals surface area contributed by atoms with Crippen LogP contribution in [-0.4, -0.2) is 45.9 Å². The average molecular weight is 295 g/mol. The zero-order chi connectivity index (χ0) is 14.9. The molecule has 0 bridgehead atoms. The Kier molecular flexibility index (Phi) is 3.23. The van der Waals surface area contributed by atoms with E-state index in [9.17, 15) is 0 Å². The Labute approximate surface area is 128 Å². The quantitative estimate of drug-likeness (QED) is 0.723. The van der Waals surface area contributed by atoms with Gasteiger partial charge in [0.05, 0.1) is 13.2 Å². The predicted molar refractivity (Wildman–Crippen MR) is 84.0 cm³/mol. The second-order valence-electron chi connectivity index (χ2n) is 5.47. The van der Waals surface area contributed by atoms with Gasteiger partial charge in [-0.05, 0) is 12.5 Å². The summed E-state index contributed by atoms with van der Waals surface area (Å²) in [5, 5.41) is 4.56. The topological polar surface area (TPSA) is 55.5 Å². The Balaban J connectivity index is 1.71. The molecule has 0 amide bonds. The van der Waals surface area contributed by atoms with Crippen LogP contribution in [0, 0.1) is 6.92 Å². The van der Waals surface area contributed by atoms with Crippen LogP contribution in [0.4, 0.5) is 5.95 Å². The summed E-state index contributed by atoms with van der Waals surface area (Å²) in [4.78, 5) is 11.1. The van der Waals surface area contributed by atoms with Gasteiger partial charge < -0.3 is 9.64 Å². The second-order valence-corrected chi connectivity index (χ2v) is 5.47. The molecule has 0 unspecified atom stereocenters. The van der Waals surface area contributed by atoms with E-state index in [-0.39, 0.29) is 0 Å². The largest absolute Gasteiger partial charge is 0.378 e. The maximum absolute atomic E-state index is 5.36. The lowest BCUT2D eigenvalue weighted by molar-refractivity contribution is 0.122.